The first-order chi connectivity index (χ1) is 12.0. The summed E-state index contributed by atoms with van der Waals surface area (Å²) in [5.74, 6) is -0.0341. The van der Waals surface area contributed by atoms with Crippen LogP contribution in [-0.4, -0.2) is 43.9 Å². The zero-order chi connectivity index (χ0) is 18.0. The summed E-state index contributed by atoms with van der Waals surface area (Å²) in [5, 5.41) is 5.09. The molecule has 1 atom stereocenters. The van der Waals surface area contributed by atoms with Gasteiger partial charge in [-0.1, -0.05) is 6.07 Å². The third-order valence-electron chi connectivity index (χ3n) is 4.57. The van der Waals surface area contributed by atoms with E-state index in [4.69, 9.17) is 0 Å². The first-order valence-corrected chi connectivity index (χ1v) is 9.24. The van der Waals surface area contributed by atoms with E-state index < -0.39 is 0 Å². The SMILES string of the molecule is CC(=O)N1CCc2cc(C(=O)NCC(c3cccs3)N(C)C)ccc21. The fourth-order valence-corrected chi connectivity index (χ4v) is 4.10. The van der Waals surface area contributed by atoms with Gasteiger partial charge in [-0.2, -0.15) is 0 Å². The molecule has 1 aromatic heterocycles. The Kier molecular flexibility index (Phi) is 5.20. The van der Waals surface area contributed by atoms with Crippen LogP contribution >= 0.6 is 11.3 Å². The van der Waals surface area contributed by atoms with Crippen LogP contribution in [0.15, 0.2) is 35.7 Å². The van der Waals surface area contributed by atoms with Crippen LogP contribution in [0, 0.1) is 0 Å². The first kappa shape index (κ1) is 17.6. The number of carbonyl (C=O) groups is 2. The van der Waals surface area contributed by atoms with Gasteiger partial charge in [-0.15, -0.1) is 11.3 Å². The highest BCUT2D eigenvalue weighted by molar-refractivity contribution is 7.10. The summed E-state index contributed by atoms with van der Waals surface area (Å²) >= 11 is 1.70. The van der Waals surface area contributed by atoms with E-state index >= 15 is 0 Å². The van der Waals surface area contributed by atoms with Crippen LogP contribution in [0.3, 0.4) is 0 Å². The molecule has 1 aliphatic rings. The molecule has 5 nitrogen and oxygen atoms in total. The third-order valence-corrected chi connectivity index (χ3v) is 5.54. The number of benzene rings is 1. The number of likely N-dealkylation sites (N-methyl/N-ethyl adjacent to an activating group) is 1. The lowest BCUT2D eigenvalue weighted by Crippen LogP contribution is -2.34. The molecule has 3 rings (SSSR count). The van der Waals surface area contributed by atoms with Crippen LogP contribution in [0.5, 0.6) is 0 Å². The van der Waals surface area contributed by atoms with Crippen LogP contribution in [-0.2, 0) is 11.2 Å². The van der Waals surface area contributed by atoms with Crippen molar-refractivity contribution >= 4 is 28.8 Å². The molecule has 0 aliphatic carbocycles. The van der Waals surface area contributed by atoms with Crippen LogP contribution in [0.4, 0.5) is 5.69 Å². The second kappa shape index (κ2) is 7.37. The van der Waals surface area contributed by atoms with Gasteiger partial charge in [-0.05, 0) is 55.7 Å². The number of fused-ring (bicyclic) bond motifs is 1. The Labute approximate surface area is 152 Å². The summed E-state index contributed by atoms with van der Waals surface area (Å²) in [4.78, 5) is 29.3. The Hall–Kier alpha value is -2.18. The number of anilines is 1. The lowest BCUT2D eigenvalue weighted by atomic mass is 10.1. The van der Waals surface area contributed by atoms with Crippen molar-refractivity contribution in [3.63, 3.8) is 0 Å². The molecule has 0 spiro atoms. The molecule has 0 saturated heterocycles. The predicted molar refractivity (Wildman–Crippen MR) is 101 cm³/mol. The van der Waals surface area contributed by atoms with Gasteiger partial charge in [0.1, 0.15) is 0 Å². The monoisotopic (exact) mass is 357 g/mol. The summed E-state index contributed by atoms with van der Waals surface area (Å²) < 4.78 is 0. The van der Waals surface area contributed by atoms with Crippen LogP contribution in [0.2, 0.25) is 0 Å². The van der Waals surface area contributed by atoms with Crippen LogP contribution in [0.25, 0.3) is 0 Å². The lowest BCUT2D eigenvalue weighted by Gasteiger charge is -2.23. The fraction of sp³-hybridized carbons (Fsp3) is 0.368. The van der Waals surface area contributed by atoms with Gasteiger partial charge in [0, 0.05) is 36.1 Å². The Morgan fingerprint density at radius 2 is 2.12 bits per heavy atom. The fourth-order valence-electron chi connectivity index (χ4n) is 3.18. The van der Waals surface area contributed by atoms with E-state index in [0.717, 1.165) is 17.7 Å². The first-order valence-electron chi connectivity index (χ1n) is 8.36. The number of carbonyl (C=O) groups excluding carboxylic acids is 2. The smallest absolute Gasteiger partial charge is 0.251 e. The number of amides is 2. The van der Waals surface area contributed by atoms with Crippen LogP contribution in [0.1, 0.15) is 33.8 Å². The second-order valence-corrected chi connectivity index (χ2v) is 7.45. The Balaban J connectivity index is 1.69. The molecule has 1 aromatic carbocycles. The minimum atomic E-state index is -0.0764. The van der Waals surface area contributed by atoms with Crippen molar-refractivity contribution in [2.45, 2.75) is 19.4 Å². The molecular formula is C19H23N3O2S. The minimum Gasteiger partial charge on any atom is -0.350 e. The van der Waals surface area contributed by atoms with Crippen molar-refractivity contribution in [3.8, 4) is 0 Å². The Bertz CT molecular complexity index is 771. The Morgan fingerprint density at radius 1 is 1.32 bits per heavy atom. The van der Waals surface area contributed by atoms with Crippen LogP contribution < -0.4 is 10.2 Å². The molecule has 25 heavy (non-hydrogen) atoms. The zero-order valence-electron chi connectivity index (χ0n) is 14.8. The number of thiophene rings is 1. The van der Waals surface area contributed by atoms with Gasteiger partial charge in [0.2, 0.25) is 5.91 Å². The van der Waals surface area contributed by atoms with E-state index in [-0.39, 0.29) is 17.9 Å². The molecule has 2 aromatic rings. The lowest BCUT2D eigenvalue weighted by molar-refractivity contribution is -0.116. The summed E-state index contributed by atoms with van der Waals surface area (Å²) in [6.07, 6.45) is 0.797. The molecule has 0 fully saturated rings. The zero-order valence-corrected chi connectivity index (χ0v) is 15.6. The molecule has 1 N–H and O–H groups in total. The highest BCUT2D eigenvalue weighted by Crippen LogP contribution is 2.29. The predicted octanol–water partition coefficient (Wildman–Crippen LogP) is 2.69. The molecule has 6 heteroatoms. The van der Waals surface area contributed by atoms with E-state index in [9.17, 15) is 9.59 Å². The maximum Gasteiger partial charge on any atom is 0.251 e. The third kappa shape index (κ3) is 3.75. The Morgan fingerprint density at radius 3 is 2.76 bits per heavy atom. The number of nitrogens with zero attached hydrogens (tertiary/aromatic N) is 2. The van der Waals surface area contributed by atoms with Gasteiger partial charge in [0.05, 0.1) is 6.04 Å². The highest BCUT2D eigenvalue weighted by Gasteiger charge is 2.23. The highest BCUT2D eigenvalue weighted by atomic mass is 32.1. The summed E-state index contributed by atoms with van der Waals surface area (Å²) in [5.41, 5.74) is 2.63. The van der Waals surface area contributed by atoms with Crippen molar-refractivity contribution < 1.29 is 9.59 Å². The molecule has 0 bridgehead atoms. The van der Waals surface area contributed by atoms with E-state index in [2.05, 4.69) is 21.7 Å². The largest absolute Gasteiger partial charge is 0.350 e. The number of rotatable bonds is 5. The second-order valence-electron chi connectivity index (χ2n) is 6.47. The standard InChI is InChI=1S/C19H23N3O2S/c1-13(23)22-9-8-14-11-15(6-7-16(14)22)19(24)20-12-17(21(2)3)18-5-4-10-25-18/h4-7,10-11,17H,8-9,12H2,1-3H3,(H,20,24). The van der Waals surface area contributed by atoms with Crippen molar-refractivity contribution in [3.05, 3.63) is 51.7 Å². The van der Waals surface area contributed by atoms with Gasteiger partial charge in [0.25, 0.3) is 5.91 Å². The average molecular weight is 357 g/mol. The average Bonchev–Trinajstić information content (AvgIpc) is 3.23. The van der Waals surface area contributed by atoms with Gasteiger partial charge in [-0.3, -0.25) is 9.59 Å². The molecule has 0 radical (unpaired) electrons. The molecule has 0 saturated carbocycles. The molecule has 1 unspecified atom stereocenters. The molecule has 132 valence electrons. The van der Waals surface area contributed by atoms with Crippen molar-refractivity contribution in [1.82, 2.24) is 10.2 Å². The van der Waals surface area contributed by atoms with Crippen molar-refractivity contribution in [2.24, 2.45) is 0 Å². The molecule has 2 amide bonds. The molecule has 1 aliphatic heterocycles. The normalized spacial score (nSPS) is 14.5. The van der Waals surface area contributed by atoms with Gasteiger partial charge in [-0.25, -0.2) is 0 Å². The minimum absolute atomic E-state index is 0.0423. The maximum absolute atomic E-state index is 12.5. The van der Waals surface area contributed by atoms with Gasteiger partial charge < -0.3 is 15.1 Å². The molecule has 2 heterocycles. The van der Waals surface area contributed by atoms with Gasteiger partial charge >= 0.3 is 0 Å². The van der Waals surface area contributed by atoms with Crippen molar-refractivity contribution in [2.75, 3.05) is 32.1 Å². The number of hydrogen-bond acceptors (Lipinski definition) is 4. The van der Waals surface area contributed by atoms with E-state index in [1.165, 1.54) is 4.88 Å². The van der Waals surface area contributed by atoms with E-state index in [1.807, 2.05) is 32.3 Å². The number of hydrogen-bond donors (Lipinski definition) is 1. The quantitative estimate of drug-likeness (QED) is 0.895. The van der Waals surface area contributed by atoms with Crippen molar-refractivity contribution in [1.29, 1.82) is 0 Å². The maximum atomic E-state index is 12.5. The summed E-state index contributed by atoms with van der Waals surface area (Å²) in [6.45, 7) is 2.82. The van der Waals surface area contributed by atoms with E-state index in [1.54, 1.807) is 29.2 Å². The summed E-state index contributed by atoms with van der Waals surface area (Å²) in [7, 11) is 4.03. The number of nitrogens with one attached hydrogen (secondary N) is 1. The molecular weight excluding hydrogens is 334 g/mol. The topological polar surface area (TPSA) is 52.7 Å². The summed E-state index contributed by atoms with van der Waals surface area (Å²) in [6, 6.07) is 9.86. The van der Waals surface area contributed by atoms with E-state index in [0.29, 0.717) is 18.7 Å². The van der Waals surface area contributed by atoms with Gasteiger partial charge in [0.15, 0.2) is 0 Å².